The molecule has 0 fully saturated rings. The number of non-ortho nitro benzene ring substituents is 1. The van der Waals surface area contributed by atoms with E-state index in [-0.39, 0.29) is 22.8 Å². The molecule has 2 aromatic carbocycles. The molecule has 0 bridgehead atoms. The van der Waals surface area contributed by atoms with Crippen molar-refractivity contribution < 1.29 is 24.0 Å². The normalized spacial score (nSPS) is 10.1. The highest BCUT2D eigenvalue weighted by Gasteiger charge is 2.20. The molecule has 27 heavy (non-hydrogen) atoms. The molecule has 0 saturated carbocycles. The number of amides is 2. The first-order valence-corrected chi connectivity index (χ1v) is 7.93. The highest BCUT2D eigenvalue weighted by Crippen LogP contribution is 2.31. The Morgan fingerprint density at radius 1 is 1.00 bits per heavy atom. The molecule has 0 spiro atoms. The Morgan fingerprint density at radius 2 is 1.56 bits per heavy atom. The fraction of sp³-hybridized carbons (Fsp3) is 0.176. The molecular weight excluding hydrogens is 378 g/mol. The van der Waals surface area contributed by atoms with E-state index in [0.717, 1.165) is 6.07 Å². The van der Waals surface area contributed by atoms with Crippen molar-refractivity contribution in [2.45, 2.75) is 6.92 Å². The number of benzene rings is 2. The second-order valence-electron chi connectivity index (χ2n) is 5.35. The molecule has 0 atom stereocenters. The van der Waals surface area contributed by atoms with Crippen LogP contribution >= 0.6 is 11.6 Å². The largest absolute Gasteiger partial charge is 0.495 e. The number of aryl methyl sites for hydroxylation is 1. The third kappa shape index (κ3) is 4.64. The summed E-state index contributed by atoms with van der Waals surface area (Å²) in [4.78, 5) is 34.6. The summed E-state index contributed by atoms with van der Waals surface area (Å²) in [6.45, 7) is 1.74. The van der Waals surface area contributed by atoms with Crippen LogP contribution < -0.4 is 20.1 Å². The second kappa shape index (κ2) is 8.37. The Bertz CT molecular complexity index is 916. The molecule has 0 saturated heterocycles. The Morgan fingerprint density at radius 3 is 2.11 bits per heavy atom. The van der Waals surface area contributed by atoms with Crippen molar-refractivity contribution in [3.63, 3.8) is 0 Å². The zero-order valence-corrected chi connectivity index (χ0v) is 15.4. The van der Waals surface area contributed by atoms with Gasteiger partial charge in [-0.1, -0.05) is 11.6 Å². The van der Waals surface area contributed by atoms with Crippen LogP contribution in [0.3, 0.4) is 0 Å². The van der Waals surface area contributed by atoms with E-state index in [0.29, 0.717) is 16.3 Å². The standard InChI is InChI=1S/C17H16ClN3O6/c1-9-6-13(15(27-3)8-11(9)18)20-17(23)16(22)19-12-5-4-10(21(24)25)7-14(12)26-2/h4-8H,1-3H3,(H,19,22)(H,20,23). The number of carbonyl (C=O) groups is 2. The van der Waals surface area contributed by atoms with E-state index in [1.54, 1.807) is 13.0 Å². The average Bonchev–Trinajstić information content (AvgIpc) is 2.64. The van der Waals surface area contributed by atoms with Gasteiger partial charge in [0, 0.05) is 17.2 Å². The number of hydrogen-bond acceptors (Lipinski definition) is 6. The monoisotopic (exact) mass is 393 g/mol. The van der Waals surface area contributed by atoms with Gasteiger partial charge in [0.2, 0.25) is 0 Å². The third-order valence-electron chi connectivity index (χ3n) is 3.58. The van der Waals surface area contributed by atoms with Crippen LogP contribution in [0.25, 0.3) is 0 Å². The highest BCUT2D eigenvalue weighted by atomic mass is 35.5. The van der Waals surface area contributed by atoms with Crippen LogP contribution in [-0.4, -0.2) is 31.0 Å². The summed E-state index contributed by atoms with van der Waals surface area (Å²) in [5.74, 6) is -1.61. The van der Waals surface area contributed by atoms with E-state index in [1.807, 2.05) is 0 Å². The minimum atomic E-state index is -0.989. The van der Waals surface area contributed by atoms with Gasteiger partial charge in [-0.15, -0.1) is 0 Å². The molecule has 2 amide bonds. The number of methoxy groups -OCH3 is 2. The number of nitro groups is 1. The van der Waals surface area contributed by atoms with Crippen LogP contribution in [0.4, 0.5) is 17.1 Å². The minimum Gasteiger partial charge on any atom is -0.495 e. The zero-order chi connectivity index (χ0) is 20.1. The topological polar surface area (TPSA) is 120 Å². The van der Waals surface area contributed by atoms with Gasteiger partial charge in [0.1, 0.15) is 11.5 Å². The Labute approximate surface area is 159 Å². The molecular formula is C17H16ClN3O6. The fourth-order valence-corrected chi connectivity index (χ4v) is 2.34. The smallest absolute Gasteiger partial charge is 0.314 e. The summed E-state index contributed by atoms with van der Waals surface area (Å²) in [6.07, 6.45) is 0. The van der Waals surface area contributed by atoms with Crippen LogP contribution in [0.5, 0.6) is 11.5 Å². The number of nitrogens with one attached hydrogen (secondary N) is 2. The number of halogens is 1. The molecule has 9 nitrogen and oxygen atoms in total. The van der Waals surface area contributed by atoms with Crippen molar-refractivity contribution in [2.24, 2.45) is 0 Å². The van der Waals surface area contributed by atoms with E-state index in [4.69, 9.17) is 21.1 Å². The Hall–Kier alpha value is -3.33. The minimum absolute atomic E-state index is 0.0465. The molecule has 0 aromatic heterocycles. The number of nitrogens with zero attached hydrogens (tertiary/aromatic N) is 1. The molecule has 142 valence electrons. The third-order valence-corrected chi connectivity index (χ3v) is 3.99. The van der Waals surface area contributed by atoms with Crippen LogP contribution in [0.15, 0.2) is 30.3 Å². The first-order chi connectivity index (χ1) is 12.8. The van der Waals surface area contributed by atoms with Crippen molar-refractivity contribution in [2.75, 3.05) is 24.9 Å². The van der Waals surface area contributed by atoms with E-state index in [1.165, 1.54) is 32.4 Å². The maximum Gasteiger partial charge on any atom is 0.314 e. The van der Waals surface area contributed by atoms with E-state index in [9.17, 15) is 19.7 Å². The van der Waals surface area contributed by atoms with Gasteiger partial charge in [-0.25, -0.2) is 0 Å². The van der Waals surface area contributed by atoms with E-state index >= 15 is 0 Å². The highest BCUT2D eigenvalue weighted by molar-refractivity contribution is 6.44. The molecule has 0 heterocycles. The van der Waals surface area contributed by atoms with Gasteiger partial charge in [-0.2, -0.15) is 0 Å². The van der Waals surface area contributed by atoms with Crippen molar-refractivity contribution in [1.82, 2.24) is 0 Å². The van der Waals surface area contributed by atoms with Gasteiger partial charge in [0.25, 0.3) is 5.69 Å². The summed E-state index contributed by atoms with van der Waals surface area (Å²) in [6, 6.07) is 6.68. The van der Waals surface area contributed by atoms with Gasteiger partial charge in [-0.3, -0.25) is 19.7 Å². The molecule has 2 N–H and O–H groups in total. The summed E-state index contributed by atoms with van der Waals surface area (Å²) < 4.78 is 10.2. The van der Waals surface area contributed by atoms with Gasteiger partial charge in [-0.05, 0) is 24.6 Å². The van der Waals surface area contributed by atoms with Crippen LogP contribution in [0.1, 0.15) is 5.56 Å². The van der Waals surface area contributed by atoms with E-state index < -0.39 is 16.7 Å². The quantitative estimate of drug-likeness (QED) is 0.457. The van der Waals surface area contributed by atoms with E-state index in [2.05, 4.69) is 10.6 Å². The lowest BCUT2D eigenvalue weighted by atomic mass is 10.2. The number of anilines is 2. The van der Waals surface area contributed by atoms with Crippen molar-refractivity contribution in [1.29, 1.82) is 0 Å². The summed E-state index contributed by atoms with van der Waals surface area (Å²) in [7, 11) is 2.69. The van der Waals surface area contributed by atoms with Crippen molar-refractivity contribution in [3.8, 4) is 11.5 Å². The lowest BCUT2D eigenvalue weighted by molar-refractivity contribution is -0.384. The first kappa shape index (κ1) is 20.0. The maximum atomic E-state index is 12.2. The lowest BCUT2D eigenvalue weighted by Gasteiger charge is -2.13. The zero-order valence-electron chi connectivity index (χ0n) is 14.7. The number of carbonyl (C=O) groups excluding carboxylic acids is 2. The van der Waals surface area contributed by atoms with Gasteiger partial charge in [0.15, 0.2) is 0 Å². The molecule has 2 aromatic rings. The molecule has 0 radical (unpaired) electrons. The Balaban J connectivity index is 2.18. The number of hydrogen-bond donors (Lipinski definition) is 2. The average molecular weight is 394 g/mol. The summed E-state index contributed by atoms with van der Waals surface area (Å²) in [5, 5.41) is 16.0. The Kier molecular flexibility index (Phi) is 6.19. The first-order valence-electron chi connectivity index (χ1n) is 7.55. The summed E-state index contributed by atoms with van der Waals surface area (Å²) >= 11 is 6.01. The molecule has 0 aliphatic carbocycles. The lowest BCUT2D eigenvalue weighted by Crippen LogP contribution is -2.29. The predicted octanol–water partition coefficient (Wildman–Crippen LogP) is 3.15. The molecule has 0 unspecified atom stereocenters. The second-order valence-corrected chi connectivity index (χ2v) is 5.76. The molecule has 10 heteroatoms. The molecule has 0 aliphatic rings. The molecule has 2 rings (SSSR count). The van der Waals surface area contributed by atoms with Crippen molar-refractivity contribution in [3.05, 3.63) is 51.0 Å². The number of rotatable bonds is 5. The fourth-order valence-electron chi connectivity index (χ4n) is 2.18. The number of ether oxygens (including phenoxy) is 2. The van der Waals surface area contributed by atoms with Crippen LogP contribution in [-0.2, 0) is 9.59 Å². The summed E-state index contributed by atoms with van der Waals surface area (Å²) in [5.41, 5.74) is 0.860. The van der Waals surface area contributed by atoms with Gasteiger partial charge >= 0.3 is 11.8 Å². The van der Waals surface area contributed by atoms with Gasteiger partial charge < -0.3 is 20.1 Å². The predicted molar refractivity (Wildman–Crippen MR) is 99.6 cm³/mol. The van der Waals surface area contributed by atoms with Gasteiger partial charge in [0.05, 0.1) is 36.6 Å². The SMILES string of the molecule is COc1cc([N+](=O)[O-])ccc1NC(=O)C(=O)Nc1cc(C)c(Cl)cc1OC. The van der Waals surface area contributed by atoms with Crippen molar-refractivity contribution >= 4 is 40.5 Å². The van der Waals surface area contributed by atoms with Crippen LogP contribution in [0.2, 0.25) is 5.02 Å². The van der Waals surface area contributed by atoms with Crippen LogP contribution in [0, 0.1) is 17.0 Å². The number of nitro benzene ring substituents is 1. The maximum absolute atomic E-state index is 12.2. The molecule has 0 aliphatic heterocycles.